The number of aryl methyl sites for hydroxylation is 1. The Morgan fingerprint density at radius 2 is 1.52 bits per heavy atom. The van der Waals surface area contributed by atoms with Crippen LogP contribution in [0.4, 0.5) is 28.8 Å². The molecule has 33 heavy (non-hydrogen) atoms. The van der Waals surface area contributed by atoms with Gasteiger partial charge in [-0.15, -0.1) is 0 Å². The molecule has 1 aromatic heterocycles. The SMILES string of the molecule is Cc1cc(Nc2ccccc2)nc(Nc2ccc(NC(=O)c3ccc4c(c3)COC4)cc2)n1. The lowest BCUT2D eigenvalue weighted by Gasteiger charge is -2.11. The second-order valence-electron chi connectivity index (χ2n) is 7.84. The molecule has 1 aliphatic rings. The van der Waals surface area contributed by atoms with Gasteiger partial charge < -0.3 is 20.7 Å². The maximum atomic E-state index is 12.6. The highest BCUT2D eigenvalue weighted by Gasteiger charge is 2.14. The summed E-state index contributed by atoms with van der Waals surface area (Å²) in [4.78, 5) is 21.6. The van der Waals surface area contributed by atoms with Crippen LogP contribution in [0.2, 0.25) is 0 Å². The van der Waals surface area contributed by atoms with Crippen molar-refractivity contribution >= 4 is 34.7 Å². The summed E-state index contributed by atoms with van der Waals surface area (Å²) in [6, 6.07) is 24.9. The highest BCUT2D eigenvalue weighted by atomic mass is 16.5. The Kier molecular flexibility index (Phi) is 5.70. The summed E-state index contributed by atoms with van der Waals surface area (Å²) < 4.78 is 5.42. The molecule has 3 aromatic carbocycles. The van der Waals surface area contributed by atoms with E-state index < -0.39 is 0 Å². The average molecular weight is 438 g/mol. The highest BCUT2D eigenvalue weighted by molar-refractivity contribution is 6.04. The zero-order valence-corrected chi connectivity index (χ0v) is 18.1. The van der Waals surface area contributed by atoms with Gasteiger partial charge in [-0.2, -0.15) is 4.98 Å². The number of nitrogens with zero attached hydrogens (tertiary/aromatic N) is 2. The smallest absolute Gasteiger partial charge is 0.255 e. The first-order chi connectivity index (χ1) is 16.1. The maximum Gasteiger partial charge on any atom is 0.255 e. The van der Waals surface area contributed by atoms with Crippen molar-refractivity contribution in [2.45, 2.75) is 20.1 Å². The average Bonchev–Trinajstić information content (AvgIpc) is 3.29. The molecule has 0 unspecified atom stereocenters. The van der Waals surface area contributed by atoms with Crippen LogP contribution >= 0.6 is 0 Å². The van der Waals surface area contributed by atoms with Crippen LogP contribution in [0.1, 0.15) is 27.2 Å². The largest absolute Gasteiger partial charge is 0.372 e. The molecule has 0 bridgehead atoms. The Morgan fingerprint density at radius 3 is 2.33 bits per heavy atom. The molecule has 0 atom stereocenters. The van der Waals surface area contributed by atoms with Crippen molar-refractivity contribution in [1.29, 1.82) is 0 Å². The van der Waals surface area contributed by atoms with Crippen LogP contribution in [0.3, 0.4) is 0 Å². The maximum absolute atomic E-state index is 12.6. The molecule has 0 spiro atoms. The highest BCUT2D eigenvalue weighted by Crippen LogP contribution is 2.23. The molecule has 7 heteroatoms. The fourth-order valence-electron chi connectivity index (χ4n) is 3.64. The second kappa shape index (κ2) is 9.10. The first-order valence-electron chi connectivity index (χ1n) is 10.7. The van der Waals surface area contributed by atoms with E-state index in [1.807, 2.05) is 85.8 Å². The van der Waals surface area contributed by atoms with E-state index in [9.17, 15) is 4.79 Å². The molecule has 7 nitrogen and oxygen atoms in total. The Bertz CT molecular complexity index is 1290. The fourth-order valence-corrected chi connectivity index (χ4v) is 3.64. The van der Waals surface area contributed by atoms with E-state index >= 15 is 0 Å². The van der Waals surface area contributed by atoms with Gasteiger partial charge in [0.1, 0.15) is 5.82 Å². The lowest BCUT2D eigenvalue weighted by Crippen LogP contribution is -2.12. The van der Waals surface area contributed by atoms with E-state index in [1.165, 1.54) is 0 Å². The van der Waals surface area contributed by atoms with Crippen molar-refractivity contribution in [3.8, 4) is 0 Å². The lowest BCUT2D eigenvalue weighted by molar-refractivity contribution is 0.102. The Hall–Kier alpha value is -4.23. The summed E-state index contributed by atoms with van der Waals surface area (Å²) in [7, 11) is 0. The predicted molar refractivity (Wildman–Crippen MR) is 129 cm³/mol. The number of ether oxygens (including phenoxy) is 1. The Balaban J connectivity index is 1.25. The van der Waals surface area contributed by atoms with E-state index in [2.05, 4.69) is 25.9 Å². The number of amides is 1. The predicted octanol–water partition coefficient (Wildman–Crippen LogP) is 5.55. The molecule has 0 radical (unpaired) electrons. The summed E-state index contributed by atoms with van der Waals surface area (Å²) >= 11 is 0. The van der Waals surface area contributed by atoms with Crippen molar-refractivity contribution in [2.75, 3.05) is 16.0 Å². The summed E-state index contributed by atoms with van der Waals surface area (Å²) in [6.07, 6.45) is 0. The van der Waals surface area contributed by atoms with E-state index in [0.29, 0.717) is 36.2 Å². The summed E-state index contributed by atoms with van der Waals surface area (Å²) in [5.41, 5.74) is 6.15. The van der Waals surface area contributed by atoms with Crippen molar-refractivity contribution in [3.05, 3.63) is 101 Å². The number of hydrogen-bond acceptors (Lipinski definition) is 6. The van der Waals surface area contributed by atoms with Crippen molar-refractivity contribution in [3.63, 3.8) is 0 Å². The van der Waals surface area contributed by atoms with Crippen molar-refractivity contribution in [1.82, 2.24) is 9.97 Å². The number of fused-ring (bicyclic) bond motifs is 1. The Labute approximate surface area is 191 Å². The van der Waals surface area contributed by atoms with Gasteiger partial charge in [0.05, 0.1) is 13.2 Å². The molecule has 1 aliphatic heterocycles. The zero-order chi connectivity index (χ0) is 22.6. The van der Waals surface area contributed by atoms with Crippen molar-refractivity contribution < 1.29 is 9.53 Å². The van der Waals surface area contributed by atoms with Crippen LogP contribution in [0.5, 0.6) is 0 Å². The number of benzene rings is 3. The third kappa shape index (κ3) is 4.99. The van der Waals surface area contributed by atoms with Gasteiger partial charge in [-0.05, 0) is 66.6 Å². The molecule has 4 aromatic rings. The van der Waals surface area contributed by atoms with Crippen LogP contribution in [0.25, 0.3) is 0 Å². The summed E-state index contributed by atoms with van der Waals surface area (Å²) in [6.45, 7) is 3.09. The van der Waals surface area contributed by atoms with Gasteiger partial charge in [-0.1, -0.05) is 24.3 Å². The normalized spacial score (nSPS) is 12.2. The number of rotatable bonds is 6. The van der Waals surface area contributed by atoms with Gasteiger partial charge in [0.25, 0.3) is 5.91 Å². The first-order valence-corrected chi connectivity index (χ1v) is 10.7. The standard InChI is InChI=1S/C26H23N5O2/c1-17-13-24(28-21-5-3-2-4-6-21)31-26(27-17)30-23-11-9-22(10-12-23)29-25(32)18-7-8-19-15-33-16-20(19)14-18/h2-14H,15-16H2,1H3,(H,29,32)(H2,27,28,30,31). The third-order valence-corrected chi connectivity index (χ3v) is 5.28. The van der Waals surface area contributed by atoms with E-state index in [4.69, 9.17) is 4.74 Å². The molecule has 0 fully saturated rings. The molecular weight excluding hydrogens is 414 g/mol. The number of hydrogen-bond donors (Lipinski definition) is 3. The van der Waals surface area contributed by atoms with Gasteiger partial charge in [-0.25, -0.2) is 4.98 Å². The molecule has 0 aliphatic carbocycles. The monoisotopic (exact) mass is 437 g/mol. The molecule has 3 N–H and O–H groups in total. The fraction of sp³-hybridized carbons (Fsp3) is 0.115. The number of carbonyl (C=O) groups is 1. The van der Waals surface area contributed by atoms with Crippen LogP contribution in [-0.4, -0.2) is 15.9 Å². The van der Waals surface area contributed by atoms with Crippen LogP contribution in [0.15, 0.2) is 78.9 Å². The summed E-state index contributed by atoms with van der Waals surface area (Å²) in [5.74, 6) is 1.05. The number of aromatic nitrogens is 2. The molecule has 1 amide bonds. The number of nitrogens with one attached hydrogen (secondary N) is 3. The van der Waals surface area contributed by atoms with Gasteiger partial charge >= 0.3 is 0 Å². The molecule has 2 heterocycles. The van der Waals surface area contributed by atoms with E-state index in [0.717, 1.165) is 28.2 Å². The van der Waals surface area contributed by atoms with E-state index in [1.54, 1.807) is 0 Å². The molecular formula is C26H23N5O2. The molecule has 0 saturated heterocycles. The Morgan fingerprint density at radius 1 is 0.788 bits per heavy atom. The quantitative estimate of drug-likeness (QED) is 0.366. The van der Waals surface area contributed by atoms with Crippen LogP contribution < -0.4 is 16.0 Å². The van der Waals surface area contributed by atoms with Crippen molar-refractivity contribution in [2.24, 2.45) is 0 Å². The molecule has 164 valence electrons. The van der Waals surface area contributed by atoms with Gasteiger partial charge in [-0.3, -0.25) is 4.79 Å². The molecule has 5 rings (SSSR count). The first kappa shape index (κ1) is 20.7. The minimum Gasteiger partial charge on any atom is -0.372 e. The van der Waals surface area contributed by atoms with Gasteiger partial charge in [0.15, 0.2) is 0 Å². The number of anilines is 5. The van der Waals surface area contributed by atoms with Gasteiger partial charge in [0.2, 0.25) is 5.95 Å². The zero-order valence-electron chi connectivity index (χ0n) is 18.1. The van der Waals surface area contributed by atoms with Crippen LogP contribution in [0, 0.1) is 6.92 Å². The van der Waals surface area contributed by atoms with Gasteiger partial charge in [0, 0.05) is 34.4 Å². The van der Waals surface area contributed by atoms with E-state index in [-0.39, 0.29) is 5.91 Å². The second-order valence-corrected chi connectivity index (χ2v) is 7.84. The molecule has 0 saturated carbocycles. The number of carbonyl (C=O) groups excluding carboxylic acids is 1. The minimum absolute atomic E-state index is 0.149. The number of para-hydroxylation sites is 1. The lowest BCUT2D eigenvalue weighted by atomic mass is 10.1. The third-order valence-electron chi connectivity index (χ3n) is 5.28. The minimum atomic E-state index is -0.149. The summed E-state index contributed by atoms with van der Waals surface area (Å²) in [5, 5.41) is 9.45. The topological polar surface area (TPSA) is 88.2 Å². The van der Waals surface area contributed by atoms with Crippen LogP contribution in [-0.2, 0) is 18.0 Å².